The first-order chi connectivity index (χ1) is 17.9. The number of hydrogen-bond acceptors (Lipinski definition) is 5. The van der Waals surface area contributed by atoms with Crippen molar-refractivity contribution in [3.8, 4) is 0 Å². The first-order valence-electron chi connectivity index (χ1n) is 12.8. The SMILES string of the molecule is CC(C)CN(C[C@@H](O)[C@H](Cc1ccccc1)NC(=O)[C@@H]1CCCNC1)S(=O)(=O)c1ccc(C(F)(F)F)cc1. The van der Waals surface area contributed by atoms with Gasteiger partial charge in [0.2, 0.25) is 15.9 Å². The third-order valence-corrected chi connectivity index (χ3v) is 8.38. The number of amides is 1. The Morgan fingerprint density at radius 3 is 2.32 bits per heavy atom. The Morgan fingerprint density at radius 2 is 1.76 bits per heavy atom. The zero-order valence-electron chi connectivity index (χ0n) is 21.6. The van der Waals surface area contributed by atoms with E-state index in [0.717, 1.165) is 53.5 Å². The summed E-state index contributed by atoms with van der Waals surface area (Å²) in [5.74, 6) is -0.586. The molecule has 0 saturated carbocycles. The predicted molar refractivity (Wildman–Crippen MR) is 139 cm³/mol. The van der Waals surface area contributed by atoms with Crippen LogP contribution in [0.2, 0.25) is 0 Å². The van der Waals surface area contributed by atoms with Gasteiger partial charge < -0.3 is 15.7 Å². The van der Waals surface area contributed by atoms with E-state index in [1.807, 2.05) is 30.3 Å². The van der Waals surface area contributed by atoms with E-state index in [1.165, 1.54) is 0 Å². The summed E-state index contributed by atoms with van der Waals surface area (Å²) in [5, 5.41) is 17.4. The lowest BCUT2D eigenvalue weighted by molar-refractivity contribution is -0.137. The van der Waals surface area contributed by atoms with Crippen LogP contribution in [0.1, 0.15) is 37.8 Å². The van der Waals surface area contributed by atoms with Crippen LogP contribution in [0.5, 0.6) is 0 Å². The fraction of sp³-hybridized carbons (Fsp3) is 0.519. The number of piperidine rings is 1. The Kier molecular flexibility index (Phi) is 10.3. The lowest BCUT2D eigenvalue weighted by Crippen LogP contribution is -2.53. The molecule has 3 atom stereocenters. The van der Waals surface area contributed by atoms with Gasteiger partial charge in [-0.05, 0) is 61.6 Å². The molecule has 2 aromatic rings. The Hall–Kier alpha value is -2.47. The molecule has 3 N–H and O–H groups in total. The van der Waals surface area contributed by atoms with Gasteiger partial charge in [-0.3, -0.25) is 4.79 Å². The number of benzene rings is 2. The van der Waals surface area contributed by atoms with Crippen molar-refractivity contribution in [1.82, 2.24) is 14.9 Å². The van der Waals surface area contributed by atoms with Crippen LogP contribution in [0.25, 0.3) is 0 Å². The third-order valence-electron chi connectivity index (χ3n) is 6.54. The molecule has 1 aliphatic rings. The first-order valence-corrected chi connectivity index (χ1v) is 14.2. The second-order valence-electron chi connectivity index (χ2n) is 10.2. The van der Waals surface area contributed by atoms with E-state index in [4.69, 9.17) is 0 Å². The summed E-state index contributed by atoms with van der Waals surface area (Å²) in [7, 11) is -4.23. The molecule has 1 amide bonds. The summed E-state index contributed by atoms with van der Waals surface area (Å²) in [6.07, 6.45) is -4.00. The molecule has 1 saturated heterocycles. The minimum atomic E-state index is -4.59. The summed E-state index contributed by atoms with van der Waals surface area (Å²) in [5.41, 5.74) is -0.0886. The molecular formula is C27H36F3N3O4S. The maximum Gasteiger partial charge on any atom is 0.416 e. The van der Waals surface area contributed by atoms with Crippen LogP contribution in [-0.4, -0.2) is 62.1 Å². The van der Waals surface area contributed by atoms with Crippen LogP contribution in [0, 0.1) is 11.8 Å². The van der Waals surface area contributed by atoms with Crippen LogP contribution >= 0.6 is 0 Å². The second kappa shape index (κ2) is 13.1. The number of nitrogens with one attached hydrogen (secondary N) is 2. The molecule has 2 aromatic carbocycles. The van der Waals surface area contributed by atoms with Crippen LogP contribution in [0.15, 0.2) is 59.5 Å². The Balaban J connectivity index is 1.84. The Labute approximate surface area is 222 Å². The second-order valence-corrected chi connectivity index (χ2v) is 12.1. The molecule has 7 nitrogen and oxygen atoms in total. The van der Waals surface area contributed by atoms with E-state index in [9.17, 15) is 31.5 Å². The smallest absolute Gasteiger partial charge is 0.390 e. The van der Waals surface area contributed by atoms with Crippen molar-refractivity contribution in [2.75, 3.05) is 26.2 Å². The van der Waals surface area contributed by atoms with Gasteiger partial charge >= 0.3 is 6.18 Å². The fourth-order valence-corrected chi connectivity index (χ4v) is 6.13. The number of carbonyl (C=O) groups excluding carboxylic acids is 1. The zero-order valence-corrected chi connectivity index (χ0v) is 22.4. The minimum absolute atomic E-state index is 0.0406. The van der Waals surface area contributed by atoms with Crippen molar-refractivity contribution in [3.05, 3.63) is 65.7 Å². The highest BCUT2D eigenvalue weighted by atomic mass is 32.2. The molecular weight excluding hydrogens is 519 g/mol. The third kappa shape index (κ3) is 8.26. The molecule has 0 unspecified atom stereocenters. The van der Waals surface area contributed by atoms with E-state index >= 15 is 0 Å². The van der Waals surface area contributed by atoms with Crippen molar-refractivity contribution in [3.63, 3.8) is 0 Å². The molecule has 38 heavy (non-hydrogen) atoms. The molecule has 210 valence electrons. The topological polar surface area (TPSA) is 98.7 Å². The average Bonchev–Trinajstić information content (AvgIpc) is 2.88. The highest BCUT2D eigenvalue weighted by molar-refractivity contribution is 7.89. The van der Waals surface area contributed by atoms with Gasteiger partial charge in [-0.15, -0.1) is 0 Å². The Bertz CT molecular complexity index is 1140. The molecule has 11 heteroatoms. The lowest BCUT2D eigenvalue weighted by Gasteiger charge is -2.32. The molecule has 0 aliphatic carbocycles. The number of halogens is 3. The van der Waals surface area contributed by atoms with Crippen molar-refractivity contribution < 1.29 is 31.5 Å². The standard InChI is InChI=1S/C27H36F3N3O4S/c1-19(2)17-33(38(36,37)23-12-10-22(11-13-23)27(28,29)30)18-25(34)24(15-20-7-4-3-5-8-20)32-26(35)21-9-6-14-31-16-21/h3-5,7-8,10-13,19,21,24-25,31,34H,6,9,14-18H2,1-2H3,(H,32,35)/t21-,24+,25-/m1/s1. The van der Waals surface area contributed by atoms with Gasteiger partial charge in [-0.2, -0.15) is 17.5 Å². The quantitative estimate of drug-likeness (QED) is 0.395. The summed E-state index contributed by atoms with van der Waals surface area (Å²) < 4.78 is 67.0. The Morgan fingerprint density at radius 1 is 1.11 bits per heavy atom. The van der Waals surface area contributed by atoms with Gasteiger partial charge in [-0.25, -0.2) is 8.42 Å². The van der Waals surface area contributed by atoms with Gasteiger partial charge in [0.25, 0.3) is 0 Å². The van der Waals surface area contributed by atoms with Gasteiger partial charge in [0.1, 0.15) is 0 Å². The van der Waals surface area contributed by atoms with Gasteiger partial charge in [0.15, 0.2) is 0 Å². The van der Waals surface area contributed by atoms with E-state index in [-0.39, 0.29) is 42.1 Å². The molecule has 0 spiro atoms. The van der Waals surface area contributed by atoms with E-state index < -0.39 is 33.9 Å². The van der Waals surface area contributed by atoms with Crippen molar-refractivity contribution >= 4 is 15.9 Å². The predicted octanol–water partition coefficient (Wildman–Crippen LogP) is 3.44. The molecule has 1 heterocycles. The summed E-state index contributed by atoms with van der Waals surface area (Å²) in [6, 6.07) is 11.8. The van der Waals surface area contributed by atoms with E-state index in [2.05, 4.69) is 10.6 Å². The lowest BCUT2D eigenvalue weighted by atomic mass is 9.96. The zero-order chi connectivity index (χ0) is 27.9. The van der Waals surface area contributed by atoms with Crippen molar-refractivity contribution in [1.29, 1.82) is 0 Å². The number of sulfonamides is 1. The van der Waals surface area contributed by atoms with Crippen molar-refractivity contribution in [2.45, 2.75) is 56.3 Å². The number of carbonyl (C=O) groups is 1. The van der Waals surface area contributed by atoms with E-state index in [0.29, 0.717) is 6.54 Å². The molecule has 1 aliphatic heterocycles. The number of rotatable bonds is 11. The minimum Gasteiger partial charge on any atom is -0.390 e. The number of hydrogen-bond donors (Lipinski definition) is 3. The highest BCUT2D eigenvalue weighted by Gasteiger charge is 2.34. The van der Waals surface area contributed by atoms with Crippen LogP contribution < -0.4 is 10.6 Å². The van der Waals surface area contributed by atoms with Gasteiger partial charge in [0.05, 0.1) is 28.5 Å². The van der Waals surface area contributed by atoms with Gasteiger partial charge in [-0.1, -0.05) is 44.2 Å². The van der Waals surface area contributed by atoms with E-state index in [1.54, 1.807) is 13.8 Å². The maximum atomic E-state index is 13.5. The summed E-state index contributed by atoms with van der Waals surface area (Å²) in [6.45, 7) is 4.69. The highest BCUT2D eigenvalue weighted by Crippen LogP contribution is 2.30. The number of aliphatic hydroxyl groups is 1. The fourth-order valence-electron chi connectivity index (χ4n) is 4.51. The van der Waals surface area contributed by atoms with Gasteiger partial charge in [0, 0.05) is 19.6 Å². The normalized spacial score (nSPS) is 18.4. The average molecular weight is 556 g/mol. The van der Waals surface area contributed by atoms with Crippen LogP contribution in [-0.2, 0) is 27.4 Å². The van der Waals surface area contributed by atoms with Crippen molar-refractivity contribution in [2.24, 2.45) is 11.8 Å². The number of aliphatic hydroxyl groups excluding tert-OH is 1. The monoisotopic (exact) mass is 555 g/mol. The molecule has 1 fully saturated rings. The number of nitrogens with zero attached hydrogens (tertiary/aromatic N) is 1. The molecule has 0 radical (unpaired) electrons. The number of alkyl halides is 3. The summed E-state index contributed by atoms with van der Waals surface area (Å²) in [4.78, 5) is 12.7. The van der Waals surface area contributed by atoms with Crippen LogP contribution in [0.3, 0.4) is 0 Å². The molecule has 3 rings (SSSR count). The molecule has 0 aromatic heterocycles. The first kappa shape index (κ1) is 30.1. The molecule has 0 bridgehead atoms. The summed E-state index contributed by atoms with van der Waals surface area (Å²) >= 11 is 0. The largest absolute Gasteiger partial charge is 0.416 e. The maximum absolute atomic E-state index is 13.5. The van der Waals surface area contributed by atoms with Crippen LogP contribution in [0.4, 0.5) is 13.2 Å².